The van der Waals surface area contributed by atoms with Gasteiger partial charge in [-0.25, -0.2) is 0 Å². The fourth-order valence-corrected chi connectivity index (χ4v) is 2.84. The maximum atomic E-state index is 12.1. The maximum Gasteiger partial charge on any atom is 0.321 e. The second kappa shape index (κ2) is 5.88. The number of carboxylic acids is 1. The maximum absolute atomic E-state index is 12.1. The predicted octanol–water partition coefficient (Wildman–Crippen LogP) is -0.235. The minimum atomic E-state index is -0.961. The first kappa shape index (κ1) is 14.3. The summed E-state index contributed by atoms with van der Waals surface area (Å²) in [6.45, 7) is 4.07. The van der Waals surface area contributed by atoms with Gasteiger partial charge in [0.2, 0.25) is 5.91 Å². The first-order chi connectivity index (χ1) is 8.97. The lowest BCUT2D eigenvalue weighted by Gasteiger charge is -2.32. The van der Waals surface area contributed by atoms with Gasteiger partial charge in [-0.3, -0.25) is 14.5 Å². The number of rotatable bonds is 3. The number of carbonyl (C=O) groups excluding carboxylic acids is 1. The number of carboxylic acid groups (broad SMARTS) is 1. The highest BCUT2D eigenvalue weighted by Crippen LogP contribution is 2.20. The van der Waals surface area contributed by atoms with Crippen LogP contribution in [0.25, 0.3) is 0 Å². The highest BCUT2D eigenvalue weighted by molar-refractivity contribution is 5.80. The number of amides is 1. The second-order valence-electron chi connectivity index (χ2n) is 5.74. The number of carbonyl (C=O) groups is 2. The minimum Gasteiger partial charge on any atom is -0.480 e. The summed E-state index contributed by atoms with van der Waals surface area (Å²) >= 11 is 0. The normalized spacial score (nSPS) is 29.7. The molecule has 2 aliphatic heterocycles. The summed E-state index contributed by atoms with van der Waals surface area (Å²) in [5, 5.41) is 18.6. The predicted molar refractivity (Wildman–Crippen MR) is 68.6 cm³/mol. The monoisotopic (exact) mass is 270 g/mol. The van der Waals surface area contributed by atoms with Crippen LogP contribution in [0.5, 0.6) is 0 Å². The van der Waals surface area contributed by atoms with Crippen LogP contribution >= 0.6 is 0 Å². The Labute approximate surface area is 113 Å². The number of hydrogen-bond donors (Lipinski definition) is 2. The Morgan fingerprint density at radius 3 is 2.47 bits per heavy atom. The molecule has 2 aliphatic rings. The van der Waals surface area contributed by atoms with E-state index >= 15 is 0 Å². The molecule has 2 N–H and O–H groups in total. The van der Waals surface area contributed by atoms with Crippen LogP contribution in [0.1, 0.15) is 26.2 Å². The molecule has 0 bridgehead atoms. The van der Waals surface area contributed by atoms with E-state index in [0.717, 1.165) is 25.9 Å². The Hall–Kier alpha value is -1.14. The van der Waals surface area contributed by atoms with Crippen molar-refractivity contribution >= 4 is 11.9 Å². The fourth-order valence-electron chi connectivity index (χ4n) is 2.84. The first-order valence-corrected chi connectivity index (χ1v) is 6.90. The van der Waals surface area contributed by atoms with Crippen LogP contribution in [0, 0.1) is 5.92 Å². The van der Waals surface area contributed by atoms with Crippen LogP contribution in [-0.2, 0) is 9.59 Å². The molecule has 0 saturated carbocycles. The average molecular weight is 270 g/mol. The topological polar surface area (TPSA) is 81.1 Å². The van der Waals surface area contributed by atoms with E-state index in [0.29, 0.717) is 5.92 Å². The molecule has 108 valence electrons. The van der Waals surface area contributed by atoms with Gasteiger partial charge in [0.05, 0.1) is 12.6 Å². The van der Waals surface area contributed by atoms with E-state index in [1.807, 2.05) is 4.90 Å². The summed E-state index contributed by atoms with van der Waals surface area (Å²) in [6.07, 6.45) is 1.59. The molecule has 2 atom stereocenters. The molecule has 0 aromatic carbocycles. The largest absolute Gasteiger partial charge is 0.480 e. The molecule has 6 heteroatoms. The number of hydrogen-bond acceptors (Lipinski definition) is 4. The summed E-state index contributed by atoms with van der Waals surface area (Å²) in [5.74, 6) is -0.326. The van der Waals surface area contributed by atoms with Gasteiger partial charge in [-0.15, -0.1) is 0 Å². The van der Waals surface area contributed by atoms with Crippen molar-refractivity contribution in [1.29, 1.82) is 0 Å². The molecule has 0 aliphatic carbocycles. The number of piperidine rings is 1. The molecule has 19 heavy (non-hydrogen) atoms. The van der Waals surface area contributed by atoms with E-state index in [2.05, 4.69) is 6.92 Å². The van der Waals surface area contributed by atoms with Crippen LogP contribution < -0.4 is 0 Å². The van der Waals surface area contributed by atoms with E-state index in [9.17, 15) is 14.7 Å². The molecule has 2 saturated heterocycles. The van der Waals surface area contributed by atoms with Gasteiger partial charge in [0, 0.05) is 26.1 Å². The third kappa shape index (κ3) is 3.45. The van der Waals surface area contributed by atoms with Crippen LogP contribution in [0.2, 0.25) is 0 Å². The van der Waals surface area contributed by atoms with E-state index in [1.54, 1.807) is 4.90 Å². The Morgan fingerprint density at radius 2 is 1.89 bits per heavy atom. The van der Waals surface area contributed by atoms with Gasteiger partial charge in [-0.1, -0.05) is 6.92 Å². The lowest BCUT2D eigenvalue weighted by atomic mass is 9.99. The number of aliphatic hydroxyl groups excluding tert-OH is 1. The van der Waals surface area contributed by atoms with Crippen LogP contribution in [0.3, 0.4) is 0 Å². The summed E-state index contributed by atoms with van der Waals surface area (Å²) in [6, 6.07) is -0.734. The van der Waals surface area contributed by atoms with E-state index < -0.39 is 18.1 Å². The SMILES string of the molecule is CC1CCN(C(=O)CN2CC(O)CC2C(=O)O)CC1. The second-order valence-corrected chi connectivity index (χ2v) is 5.74. The van der Waals surface area contributed by atoms with Gasteiger partial charge in [0.1, 0.15) is 6.04 Å². The van der Waals surface area contributed by atoms with Crippen molar-refractivity contribution in [2.24, 2.45) is 5.92 Å². The van der Waals surface area contributed by atoms with Gasteiger partial charge in [-0.2, -0.15) is 0 Å². The van der Waals surface area contributed by atoms with Gasteiger partial charge in [0.25, 0.3) is 0 Å². The van der Waals surface area contributed by atoms with Gasteiger partial charge in [0.15, 0.2) is 0 Å². The first-order valence-electron chi connectivity index (χ1n) is 6.90. The summed E-state index contributed by atoms with van der Waals surface area (Å²) in [4.78, 5) is 26.6. The highest BCUT2D eigenvalue weighted by atomic mass is 16.4. The van der Waals surface area contributed by atoms with E-state index in [-0.39, 0.29) is 25.4 Å². The number of aliphatic hydroxyl groups is 1. The number of aliphatic carboxylic acids is 1. The van der Waals surface area contributed by atoms with Gasteiger partial charge in [-0.05, 0) is 18.8 Å². The van der Waals surface area contributed by atoms with Crippen molar-refractivity contribution in [1.82, 2.24) is 9.80 Å². The number of nitrogens with zero attached hydrogens (tertiary/aromatic N) is 2. The Kier molecular flexibility index (Phi) is 4.42. The van der Waals surface area contributed by atoms with Crippen molar-refractivity contribution in [2.75, 3.05) is 26.2 Å². The molecule has 2 unspecified atom stereocenters. The van der Waals surface area contributed by atoms with Crippen LogP contribution in [0.4, 0.5) is 0 Å². The zero-order valence-electron chi connectivity index (χ0n) is 11.3. The molecule has 2 fully saturated rings. The molecular weight excluding hydrogens is 248 g/mol. The molecular formula is C13H22N2O4. The van der Waals surface area contributed by atoms with Crippen molar-refractivity contribution in [3.8, 4) is 0 Å². The van der Waals surface area contributed by atoms with E-state index in [1.165, 1.54) is 0 Å². The van der Waals surface area contributed by atoms with Crippen molar-refractivity contribution in [2.45, 2.75) is 38.3 Å². The smallest absolute Gasteiger partial charge is 0.321 e. The van der Waals surface area contributed by atoms with Crippen molar-refractivity contribution < 1.29 is 19.8 Å². The molecule has 0 spiro atoms. The lowest BCUT2D eigenvalue weighted by Crippen LogP contribution is -2.46. The van der Waals surface area contributed by atoms with Gasteiger partial charge < -0.3 is 15.1 Å². The standard InChI is InChI=1S/C13H22N2O4/c1-9-2-4-14(5-3-9)12(17)8-15-7-10(16)6-11(15)13(18)19/h9-11,16H,2-8H2,1H3,(H,18,19). The summed E-state index contributed by atoms with van der Waals surface area (Å²) in [5.41, 5.74) is 0. The van der Waals surface area contributed by atoms with E-state index in [4.69, 9.17) is 5.11 Å². The Bertz CT molecular complexity index is 353. The Balaban J connectivity index is 1.89. The van der Waals surface area contributed by atoms with Crippen LogP contribution in [0.15, 0.2) is 0 Å². The molecule has 0 aromatic heterocycles. The molecule has 2 rings (SSSR count). The molecule has 1 amide bonds. The lowest BCUT2D eigenvalue weighted by molar-refractivity contribution is -0.143. The number of β-amino-alcohol motifs (C(OH)–C–C–N with tert-alkyl or cyclic N) is 1. The number of likely N-dealkylation sites (tertiary alicyclic amines) is 2. The summed E-state index contributed by atoms with van der Waals surface area (Å²) < 4.78 is 0. The Morgan fingerprint density at radius 1 is 1.26 bits per heavy atom. The average Bonchev–Trinajstić information content (AvgIpc) is 2.71. The molecule has 6 nitrogen and oxygen atoms in total. The quantitative estimate of drug-likeness (QED) is 0.740. The highest BCUT2D eigenvalue weighted by Gasteiger charge is 2.37. The van der Waals surface area contributed by atoms with Crippen molar-refractivity contribution in [3.63, 3.8) is 0 Å². The third-order valence-electron chi connectivity index (χ3n) is 4.14. The third-order valence-corrected chi connectivity index (χ3v) is 4.14. The summed E-state index contributed by atoms with van der Waals surface area (Å²) in [7, 11) is 0. The minimum absolute atomic E-state index is 0.0211. The zero-order chi connectivity index (χ0) is 14.0. The van der Waals surface area contributed by atoms with Gasteiger partial charge >= 0.3 is 5.97 Å². The van der Waals surface area contributed by atoms with Crippen molar-refractivity contribution in [3.05, 3.63) is 0 Å². The zero-order valence-corrected chi connectivity index (χ0v) is 11.3. The molecule has 2 heterocycles. The molecule has 0 aromatic rings. The van der Waals surface area contributed by atoms with Crippen LogP contribution in [-0.4, -0.2) is 70.2 Å². The fraction of sp³-hybridized carbons (Fsp3) is 0.846. The molecule has 0 radical (unpaired) electrons.